The summed E-state index contributed by atoms with van der Waals surface area (Å²) in [5.41, 5.74) is 6.69. The van der Waals surface area contributed by atoms with Crippen LogP contribution in [0.5, 0.6) is 0 Å². The van der Waals surface area contributed by atoms with Crippen molar-refractivity contribution in [2.24, 2.45) is 0 Å². The second-order valence-electron chi connectivity index (χ2n) is 4.12. The highest BCUT2D eigenvalue weighted by molar-refractivity contribution is 9.10. The maximum atomic E-state index is 5.90. The molecule has 104 valence electrons. The van der Waals surface area contributed by atoms with Crippen molar-refractivity contribution in [1.82, 2.24) is 24.7 Å². The number of nitrogens with one attached hydrogen (secondary N) is 1. The molecule has 3 aromatic rings. The lowest BCUT2D eigenvalue weighted by molar-refractivity contribution is 0.833. The van der Waals surface area contributed by atoms with E-state index in [9.17, 15) is 0 Å². The Morgan fingerprint density at radius 3 is 3.05 bits per heavy atom. The van der Waals surface area contributed by atoms with Gasteiger partial charge in [-0.25, -0.2) is 0 Å². The van der Waals surface area contributed by atoms with E-state index in [0.29, 0.717) is 28.6 Å². The first kappa shape index (κ1) is 13.3. The van der Waals surface area contributed by atoms with Crippen molar-refractivity contribution >= 4 is 38.5 Å². The molecule has 0 bridgehead atoms. The fourth-order valence-corrected chi connectivity index (χ4v) is 2.14. The van der Waals surface area contributed by atoms with Crippen molar-refractivity contribution in [3.63, 3.8) is 0 Å². The molecular formula is C13H10BrN7. The summed E-state index contributed by atoms with van der Waals surface area (Å²) < 4.78 is 2.14. The van der Waals surface area contributed by atoms with Crippen LogP contribution in [0.15, 0.2) is 29.1 Å². The third-order valence-electron chi connectivity index (χ3n) is 2.79. The van der Waals surface area contributed by atoms with Gasteiger partial charge in [-0.2, -0.15) is 19.7 Å². The summed E-state index contributed by atoms with van der Waals surface area (Å²) in [5.74, 6) is 3.64. The molecule has 8 heteroatoms. The minimum Gasteiger partial charge on any atom is -0.383 e. The van der Waals surface area contributed by atoms with E-state index >= 15 is 0 Å². The molecular weight excluding hydrogens is 334 g/mol. The van der Waals surface area contributed by atoms with Crippen molar-refractivity contribution in [3.8, 4) is 18.3 Å². The number of aromatic nitrogens is 5. The lowest BCUT2D eigenvalue weighted by Crippen LogP contribution is -2.10. The summed E-state index contributed by atoms with van der Waals surface area (Å²) in [6, 6.07) is 1.86. The van der Waals surface area contributed by atoms with Crippen LogP contribution in [0.1, 0.15) is 0 Å². The molecule has 3 rings (SSSR count). The molecule has 0 aliphatic carbocycles. The minimum atomic E-state index is 0.298. The molecule has 0 aliphatic rings. The average Bonchev–Trinajstić information content (AvgIpc) is 2.92. The molecule has 0 aliphatic heterocycles. The Morgan fingerprint density at radius 1 is 1.38 bits per heavy atom. The van der Waals surface area contributed by atoms with Crippen LogP contribution in [-0.4, -0.2) is 31.3 Å². The van der Waals surface area contributed by atoms with Crippen molar-refractivity contribution in [2.75, 3.05) is 17.6 Å². The number of nitrogens with zero attached hydrogens (tertiary/aromatic N) is 5. The number of terminal acetylenes is 1. The fourth-order valence-electron chi connectivity index (χ4n) is 1.82. The molecule has 0 fully saturated rings. The van der Waals surface area contributed by atoms with E-state index in [1.807, 2.05) is 6.07 Å². The molecule has 0 radical (unpaired) electrons. The van der Waals surface area contributed by atoms with Gasteiger partial charge in [0, 0.05) is 11.6 Å². The second kappa shape index (κ2) is 5.38. The Bertz CT molecular complexity index is 849. The normalized spacial score (nSPS) is 10.5. The predicted molar refractivity (Wildman–Crippen MR) is 83.9 cm³/mol. The van der Waals surface area contributed by atoms with Crippen LogP contribution in [0.25, 0.3) is 16.9 Å². The summed E-state index contributed by atoms with van der Waals surface area (Å²) >= 11 is 3.33. The number of halogens is 1. The quantitative estimate of drug-likeness (QED) is 0.701. The predicted octanol–water partition coefficient (Wildman–Crippen LogP) is 1.60. The highest BCUT2D eigenvalue weighted by atomic mass is 79.9. The third kappa shape index (κ3) is 2.39. The smallest absolute Gasteiger partial charge is 0.255 e. The molecule has 0 aromatic carbocycles. The standard InChI is InChI=1S/C13H10BrN7/c1-2-4-17-12-10(14)11(15)19-13(20-12)21-9-7-16-5-3-8(9)6-18-21/h1,3,5-7H,4H2,(H3,15,17,19,20). The van der Waals surface area contributed by atoms with E-state index in [4.69, 9.17) is 12.2 Å². The largest absolute Gasteiger partial charge is 0.383 e. The maximum absolute atomic E-state index is 5.90. The molecule has 0 spiro atoms. The summed E-state index contributed by atoms with van der Waals surface area (Å²) in [4.78, 5) is 12.7. The zero-order valence-electron chi connectivity index (χ0n) is 10.8. The van der Waals surface area contributed by atoms with Gasteiger partial charge in [0.05, 0.1) is 24.5 Å². The minimum absolute atomic E-state index is 0.298. The number of hydrogen-bond acceptors (Lipinski definition) is 6. The Kier molecular flexibility index (Phi) is 3.41. The average molecular weight is 344 g/mol. The summed E-state index contributed by atoms with van der Waals surface area (Å²) in [6.45, 7) is 0.329. The van der Waals surface area contributed by atoms with Gasteiger partial charge in [0.25, 0.3) is 5.95 Å². The molecule has 0 unspecified atom stereocenters. The van der Waals surface area contributed by atoms with Gasteiger partial charge in [-0.05, 0) is 22.0 Å². The highest BCUT2D eigenvalue weighted by Crippen LogP contribution is 2.27. The number of pyridine rings is 1. The lowest BCUT2D eigenvalue weighted by atomic mass is 10.3. The second-order valence-corrected chi connectivity index (χ2v) is 4.91. The molecule has 0 saturated heterocycles. The fraction of sp³-hybridized carbons (Fsp3) is 0.0769. The number of fused-ring (bicyclic) bond motifs is 1. The van der Waals surface area contributed by atoms with Crippen LogP contribution in [0.3, 0.4) is 0 Å². The molecule has 0 atom stereocenters. The molecule has 3 aromatic heterocycles. The van der Waals surface area contributed by atoms with Gasteiger partial charge in [-0.1, -0.05) is 5.92 Å². The maximum Gasteiger partial charge on any atom is 0.255 e. The van der Waals surface area contributed by atoms with E-state index in [2.05, 4.69) is 47.2 Å². The third-order valence-corrected chi connectivity index (χ3v) is 3.57. The van der Waals surface area contributed by atoms with E-state index < -0.39 is 0 Å². The summed E-state index contributed by atoms with van der Waals surface area (Å²) in [6.07, 6.45) is 10.4. The molecule has 21 heavy (non-hydrogen) atoms. The van der Waals surface area contributed by atoms with Crippen molar-refractivity contribution in [2.45, 2.75) is 0 Å². The van der Waals surface area contributed by atoms with Gasteiger partial charge < -0.3 is 11.1 Å². The highest BCUT2D eigenvalue weighted by Gasteiger charge is 2.13. The van der Waals surface area contributed by atoms with Gasteiger partial charge >= 0.3 is 0 Å². The SMILES string of the molecule is C#CCNc1nc(-n2ncc3ccncc32)nc(N)c1Br. The topological polar surface area (TPSA) is 94.5 Å². The number of nitrogens with two attached hydrogens (primary N) is 1. The molecule has 7 nitrogen and oxygen atoms in total. The van der Waals surface area contributed by atoms with Gasteiger partial charge in [0.15, 0.2) is 0 Å². The van der Waals surface area contributed by atoms with Gasteiger partial charge in [-0.3, -0.25) is 4.98 Å². The van der Waals surface area contributed by atoms with Gasteiger partial charge in [-0.15, -0.1) is 6.42 Å². The van der Waals surface area contributed by atoms with Crippen LogP contribution >= 0.6 is 15.9 Å². The Balaban J connectivity index is 2.14. The van der Waals surface area contributed by atoms with Crippen molar-refractivity contribution in [1.29, 1.82) is 0 Å². The van der Waals surface area contributed by atoms with E-state index in [1.165, 1.54) is 0 Å². The molecule has 0 saturated carbocycles. The number of anilines is 2. The van der Waals surface area contributed by atoms with E-state index in [1.54, 1.807) is 23.3 Å². The zero-order chi connectivity index (χ0) is 14.8. The summed E-state index contributed by atoms with van der Waals surface area (Å²) in [7, 11) is 0. The van der Waals surface area contributed by atoms with Crippen LogP contribution < -0.4 is 11.1 Å². The Morgan fingerprint density at radius 2 is 2.24 bits per heavy atom. The van der Waals surface area contributed by atoms with Gasteiger partial charge in [0.2, 0.25) is 0 Å². The molecule has 0 amide bonds. The Hall–Kier alpha value is -2.66. The van der Waals surface area contributed by atoms with Crippen molar-refractivity contribution < 1.29 is 0 Å². The Labute approximate surface area is 128 Å². The number of rotatable bonds is 3. The van der Waals surface area contributed by atoms with Crippen LogP contribution in [0, 0.1) is 12.3 Å². The number of hydrogen-bond donors (Lipinski definition) is 2. The number of nitrogen functional groups attached to an aromatic ring is 1. The van der Waals surface area contributed by atoms with E-state index in [-0.39, 0.29) is 0 Å². The lowest BCUT2D eigenvalue weighted by Gasteiger charge is -2.09. The van der Waals surface area contributed by atoms with E-state index in [0.717, 1.165) is 10.9 Å². The van der Waals surface area contributed by atoms with Crippen LogP contribution in [0.4, 0.5) is 11.6 Å². The first-order chi connectivity index (χ1) is 10.2. The van der Waals surface area contributed by atoms with Crippen LogP contribution in [0.2, 0.25) is 0 Å². The first-order valence-corrected chi connectivity index (χ1v) is 6.78. The zero-order valence-corrected chi connectivity index (χ0v) is 12.4. The monoisotopic (exact) mass is 343 g/mol. The molecule has 3 heterocycles. The summed E-state index contributed by atoms with van der Waals surface area (Å²) in [5, 5.41) is 8.19. The van der Waals surface area contributed by atoms with Crippen LogP contribution in [-0.2, 0) is 0 Å². The molecule has 3 N–H and O–H groups in total. The van der Waals surface area contributed by atoms with Gasteiger partial charge in [0.1, 0.15) is 16.1 Å². The first-order valence-electron chi connectivity index (χ1n) is 5.99. The van der Waals surface area contributed by atoms with Crippen molar-refractivity contribution in [3.05, 3.63) is 29.1 Å².